The van der Waals surface area contributed by atoms with E-state index in [0.29, 0.717) is 11.5 Å². The van der Waals surface area contributed by atoms with Crippen molar-refractivity contribution in [2.75, 3.05) is 0 Å². The third-order valence-corrected chi connectivity index (χ3v) is 4.75. The lowest BCUT2D eigenvalue weighted by atomic mass is 9.98. The first-order valence-corrected chi connectivity index (χ1v) is 8.87. The van der Waals surface area contributed by atoms with Crippen LogP contribution in [0.5, 0.6) is 0 Å². The number of nitrogens with zero attached hydrogens (tertiary/aromatic N) is 2. The van der Waals surface area contributed by atoms with Gasteiger partial charge in [0.1, 0.15) is 11.5 Å². The summed E-state index contributed by atoms with van der Waals surface area (Å²) in [7, 11) is 0. The Kier molecular flexibility index (Phi) is 5.21. The molecule has 0 aliphatic rings. The topological polar surface area (TPSA) is 108 Å². The van der Waals surface area contributed by atoms with Gasteiger partial charge < -0.3 is 15.4 Å². The summed E-state index contributed by atoms with van der Waals surface area (Å²) in [6.45, 7) is 5.67. The number of hydrogen-bond acceptors (Lipinski definition) is 4. The molecule has 0 spiro atoms. The largest absolute Gasteiger partial charge is 0.478 e. The summed E-state index contributed by atoms with van der Waals surface area (Å²) >= 11 is 0. The van der Waals surface area contributed by atoms with Gasteiger partial charge in [-0.15, -0.1) is 0 Å². The molecule has 2 unspecified atom stereocenters. The molecule has 1 aromatic carbocycles. The molecule has 0 saturated heterocycles. The van der Waals surface area contributed by atoms with E-state index in [0.717, 1.165) is 17.5 Å². The number of aromatic amines is 1. The first-order valence-electron chi connectivity index (χ1n) is 8.87. The molecular formula is C20H22N4O3. The molecular weight excluding hydrogens is 344 g/mol. The lowest BCUT2D eigenvalue weighted by molar-refractivity contribution is 0.0694. The molecule has 2 heterocycles. The average Bonchev–Trinajstić information content (AvgIpc) is 3.08. The number of para-hydroxylation sites is 2. The third kappa shape index (κ3) is 3.81. The maximum Gasteiger partial charge on any atom is 0.337 e. The molecule has 0 aliphatic carbocycles. The van der Waals surface area contributed by atoms with Gasteiger partial charge in [0, 0.05) is 0 Å². The minimum absolute atomic E-state index is 0.0855. The molecule has 2 aromatic heterocycles. The molecule has 7 nitrogen and oxygen atoms in total. The van der Waals surface area contributed by atoms with Crippen molar-refractivity contribution in [3.05, 3.63) is 59.2 Å². The number of carboxylic acids is 1. The zero-order valence-electron chi connectivity index (χ0n) is 15.5. The number of carboxylic acid groups (broad SMARTS) is 1. The molecule has 0 fully saturated rings. The van der Waals surface area contributed by atoms with Crippen LogP contribution in [0.3, 0.4) is 0 Å². The molecule has 2 atom stereocenters. The smallest absolute Gasteiger partial charge is 0.337 e. The summed E-state index contributed by atoms with van der Waals surface area (Å²) in [6.07, 6.45) is 0.854. The Bertz CT molecular complexity index is 963. The first kappa shape index (κ1) is 18.6. The van der Waals surface area contributed by atoms with E-state index in [1.54, 1.807) is 6.92 Å². The minimum atomic E-state index is -1.06. The van der Waals surface area contributed by atoms with E-state index >= 15 is 0 Å². The average molecular weight is 366 g/mol. The molecule has 27 heavy (non-hydrogen) atoms. The number of carbonyl (C=O) groups is 2. The third-order valence-electron chi connectivity index (χ3n) is 4.75. The van der Waals surface area contributed by atoms with Crippen LogP contribution in [0.15, 0.2) is 36.4 Å². The number of amides is 1. The molecule has 140 valence electrons. The molecule has 0 aliphatic heterocycles. The van der Waals surface area contributed by atoms with E-state index in [1.807, 2.05) is 31.2 Å². The molecule has 1 amide bonds. The number of hydrogen-bond donors (Lipinski definition) is 3. The predicted octanol–water partition coefficient (Wildman–Crippen LogP) is 3.48. The number of aryl methyl sites for hydroxylation is 1. The van der Waals surface area contributed by atoms with Gasteiger partial charge in [-0.2, -0.15) is 0 Å². The van der Waals surface area contributed by atoms with Gasteiger partial charge in [0.15, 0.2) is 0 Å². The fourth-order valence-corrected chi connectivity index (χ4v) is 2.96. The summed E-state index contributed by atoms with van der Waals surface area (Å²) < 4.78 is 0. The SMILES string of the molecule is CCC(C)C(NC(=O)c1ccc(C(=O)O)c(C)n1)c1nc2ccccc2[nH]1. The maximum absolute atomic E-state index is 12.7. The molecule has 0 radical (unpaired) electrons. The molecule has 3 aromatic rings. The van der Waals surface area contributed by atoms with Crippen LogP contribution >= 0.6 is 0 Å². The van der Waals surface area contributed by atoms with Crippen LogP contribution in [0.2, 0.25) is 0 Å². The number of H-pyrrole nitrogens is 1. The lowest BCUT2D eigenvalue weighted by Gasteiger charge is -2.22. The number of aromatic nitrogens is 3. The maximum atomic E-state index is 12.7. The number of imidazole rings is 1. The lowest BCUT2D eigenvalue weighted by Crippen LogP contribution is -2.34. The Morgan fingerprint density at radius 1 is 1.19 bits per heavy atom. The van der Waals surface area contributed by atoms with Gasteiger partial charge in [-0.25, -0.2) is 14.8 Å². The first-order chi connectivity index (χ1) is 12.9. The Morgan fingerprint density at radius 2 is 1.93 bits per heavy atom. The van der Waals surface area contributed by atoms with Gasteiger partial charge in [-0.3, -0.25) is 4.79 Å². The van der Waals surface area contributed by atoms with Crippen molar-refractivity contribution >= 4 is 22.9 Å². The van der Waals surface area contributed by atoms with Gasteiger partial charge in [-0.05, 0) is 37.1 Å². The van der Waals surface area contributed by atoms with Crippen molar-refractivity contribution in [2.24, 2.45) is 5.92 Å². The number of carbonyl (C=O) groups excluding carboxylic acids is 1. The van der Waals surface area contributed by atoms with Crippen molar-refractivity contribution in [2.45, 2.75) is 33.2 Å². The highest BCUT2D eigenvalue weighted by molar-refractivity contribution is 5.94. The molecule has 3 N–H and O–H groups in total. The second-order valence-electron chi connectivity index (χ2n) is 6.61. The van der Waals surface area contributed by atoms with E-state index in [9.17, 15) is 9.59 Å². The Morgan fingerprint density at radius 3 is 2.56 bits per heavy atom. The fourth-order valence-electron chi connectivity index (χ4n) is 2.96. The Labute approximate surface area is 156 Å². The van der Waals surface area contributed by atoms with Crippen molar-refractivity contribution in [3.8, 4) is 0 Å². The van der Waals surface area contributed by atoms with Crippen molar-refractivity contribution < 1.29 is 14.7 Å². The molecule has 3 rings (SSSR count). The van der Waals surface area contributed by atoms with Gasteiger partial charge in [-0.1, -0.05) is 32.4 Å². The number of aromatic carboxylic acids is 1. The van der Waals surface area contributed by atoms with Crippen LogP contribution in [0, 0.1) is 12.8 Å². The normalized spacial score (nSPS) is 13.3. The standard InChI is InChI=1S/C20H22N4O3/c1-4-11(2)17(18-22-14-7-5-6-8-15(14)23-18)24-19(25)16-10-9-13(20(26)27)12(3)21-16/h5-11,17H,4H2,1-3H3,(H,22,23)(H,24,25)(H,26,27). The summed E-state index contributed by atoms with van der Waals surface area (Å²) in [6, 6.07) is 10.2. The van der Waals surface area contributed by atoms with E-state index in [4.69, 9.17) is 5.11 Å². The van der Waals surface area contributed by atoms with E-state index in [-0.39, 0.29) is 29.1 Å². The summed E-state index contributed by atoms with van der Waals surface area (Å²) in [5.41, 5.74) is 2.33. The number of nitrogens with one attached hydrogen (secondary N) is 2. The second kappa shape index (κ2) is 7.57. The zero-order valence-corrected chi connectivity index (χ0v) is 15.5. The van der Waals surface area contributed by atoms with Gasteiger partial charge in [0.2, 0.25) is 0 Å². The minimum Gasteiger partial charge on any atom is -0.478 e. The van der Waals surface area contributed by atoms with Gasteiger partial charge >= 0.3 is 5.97 Å². The molecule has 0 bridgehead atoms. The number of benzene rings is 1. The Balaban J connectivity index is 1.89. The van der Waals surface area contributed by atoms with E-state index < -0.39 is 5.97 Å². The number of rotatable bonds is 6. The highest BCUT2D eigenvalue weighted by Crippen LogP contribution is 2.25. The zero-order chi connectivity index (χ0) is 19.6. The van der Waals surface area contributed by atoms with Crippen LogP contribution in [-0.4, -0.2) is 31.9 Å². The quantitative estimate of drug-likeness (QED) is 0.619. The number of pyridine rings is 1. The van der Waals surface area contributed by atoms with Crippen LogP contribution in [0.4, 0.5) is 0 Å². The van der Waals surface area contributed by atoms with E-state index in [1.165, 1.54) is 12.1 Å². The predicted molar refractivity (Wildman–Crippen MR) is 102 cm³/mol. The van der Waals surface area contributed by atoms with Crippen LogP contribution < -0.4 is 5.32 Å². The second-order valence-corrected chi connectivity index (χ2v) is 6.61. The summed E-state index contributed by atoms with van der Waals surface area (Å²) in [5.74, 6) is -0.584. The van der Waals surface area contributed by atoms with E-state index in [2.05, 4.69) is 27.2 Å². The summed E-state index contributed by atoms with van der Waals surface area (Å²) in [4.78, 5) is 35.9. The summed E-state index contributed by atoms with van der Waals surface area (Å²) in [5, 5.41) is 12.1. The monoisotopic (exact) mass is 366 g/mol. The van der Waals surface area contributed by atoms with Crippen LogP contribution in [0.1, 0.15) is 58.7 Å². The molecule has 7 heteroatoms. The van der Waals surface area contributed by atoms with Crippen molar-refractivity contribution in [1.29, 1.82) is 0 Å². The van der Waals surface area contributed by atoms with Crippen LogP contribution in [-0.2, 0) is 0 Å². The van der Waals surface area contributed by atoms with Gasteiger partial charge in [0.05, 0.1) is 28.3 Å². The fraction of sp³-hybridized carbons (Fsp3) is 0.300. The molecule has 0 saturated carbocycles. The van der Waals surface area contributed by atoms with Crippen LogP contribution in [0.25, 0.3) is 11.0 Å². The highest BCUT2D eigenvalue weighted by Gasteiger charge is 2.25. The van der Waals surface area contributed by atoms with Gasteiger partial charge in [0.25, 0.3) is 5.91 Å². The highest BCUT2D eigenvalue weighted by atomic mass is 16.4. The number of fused-ring (bicyclic) bond motifs is 1. The Hall–Kier alpha value is -3.22. The van der Waals surface area contributed by atoms with Crippen molar-refractivity contribution in [3.63, 3.8) is 0 Å². The van der Waals surface area contributed by atoms with Crippen molar-refractivity contribution in [1.82, 2.24) is 20.3 Å².